The van der Waals surface area contributed by atoms with E-state index in [2.05, 4.69) is 15.6 Å². The number of carbonyl (C=O) groups is 2. The normalized spacial score (nSPS) is 13.0. The van der Waals surface area contributed by atoms with E-state index in [9.17, 15) is 14.4 Å². The summed E-state index contributed by atoms with van der Waals surface area (Å²) in [7, 11) is 1.28. The quantitative estimate of drug-likeness (QED) is 0.660. The number of hydrogen-bond donors (Lipinski definition) is 2. The molecule has 3 heterocycles. The molecule has 1 aliphatic rings. The predicted octanol–water partition coefficient (Wildman–Crippen LogP) is 3.22. The van der Waals surface area contributed by atoms with Crippen LogP contribution in [0, 0.1) is 0 Å². The van der Waals surface area contributed by atoms with Gasteiger partial charge in [0.25, 0.3) is 5.56 Å². The molecule has 0 radical (unpaired) electrons. The number of fused-ring (bicyclic) bond motifs is 2. The fourth-order valence-corrected chi connectivity index (χ4v) is 4.03. The topological polar surface area (TPSA) is 102 Å². The number of urea groups is 1. The number of aromatic nitrogens is 2. The fraction of sp³-hybridized carbons (Fsp3) is 0.263. The van der Waals surface area contributed by atoms with Crippen LogP contribution in [0.3, 0.4) is 0 Å². The predicted molar refractivity (Wildman–Crippen MR) is 107 cm³/mol. The third-order valence-corrected chi connectivity index (χ3v) is 5.50. The third kappa shape index (κ3) is 3.36. The van der Waals surface area contributed by atoms with Crippen LogP contribution in [0.4, 0.5) is 16.2 Å². The minimum atomic E-state index is -0.520. The van der Waals surface area contributed by atoms with Crippen molar-refractivity contribution in [1.82, 2.24) is 9.55 Å². The van der Waals surface area contributed by atoms with Crippen molar-refractivity contribution in [3.05, 3.63) is 50.7 Å². The van der Waals surface area contributed by atoms with Crippen LogP contribution in [0.15, 0.2) is 34.4 Å². The molecule has 0 bridgehead atoms. The van der Waals surface area contributed by atoms with Gasteiger partial charge in [-0.25, -0.2) is 14.6 Å². The molecule has 1 aromatic carbocycles. The van der Waals surface area contributed by atoms with Crippen molar-refractivity contribution >= 4 is 45.6 Å². The number of thiophene rings is 1. The van der Waals surface area contributed by atoms with Crippen LogP contribution in [0.25, 0.3) is 10.9 Å². The first-order valence-corrected chi connectivity index (χ1v) is 9.72. The van der Waals surface area contributed by atoms with Crippen LogP contribution in [-0.4, -0.2) is 28.7 Å². The molecule has 0 unspecified atom stereocenters. The highest BCUT2D eigenvalue weighted by molar-refractivity contribution is 7.12. The van der Waals surface area contributed by atoms with Gasteiger partial charge >= 0.3 is 12.0 Å². The molecule has 3 aromatic rings. The average Bonchev–Trinajstić information content (AvgIpc) is 3.16. The number of hydrogen-bond acceptors (Lipinski definition) is 6. The molecule has 0 aliphatic carbocycles. The Hall–Kier alpha value is -3.20. The number of rotatable bonds is 3. The lowest BCUT2D eigenvalue weighted by Gasteiger charge is -2.18. The molecule has 8 nitrogen and oxygen atoms in total. The van der Waals surface area contributed by atoms with Gasteiger partial charge in [-0.05, 0) is 42.5 Å². The third-order valence-electron chi connectivity index (χ3n) is 4.61. The van der Waals surface area contributed by atoms with Crippen molar-refractivity contribution in [3.8, 4) is 0 Å². The minimum Gasteiger partial charge on any atom is -0.465 e. The van der Waals surface area contributed by atoms with Gasteiger partial charge in [-0.1, -0.05) is 0 Å². The largest absolute Gasteiger partial charge is 0.465 e. The van der Waals surface area contributed by atoms with Crippen molar-refractivity contribution in [2.75, 3.05) is 17.7 Å². The SMILES string of the molecule is COC(=O)c1sccc1NC(=O)Nc1ccc2nc3n(c(=O)c2c1)CCCC3. The van der Waals surface area contributed by atoms with Crippen LogP contribution in [0.2, 0.25) is 0 Å². The number of nitrogens with zero attached hydrogens (tertiary/aromatic N) is 2. The molecule has 0 saturated heterocycles. The lowest BCUT2D eigenvalue weighted by atomic mass is 10.1. The Kier molecular flexibility index (Phi) is 4.82. The maximum Gasteiger partial charge on any atom is 0.350 e. The second kappa shape index (κ2) is 7.43. The first-order chi connectivity index (χ1) is 13.6. The number of ether oxygens (including phenoxy) is 1. The smallest absolute Gasteiger partial charge is 0.350 e. The molecule has 28 heavy (non-hydrogen) atoms. The van der Waals surface area contributed by atoms with Gasteiger partial charge < -0.3 is 15.4 Å². The molecule has 4 rings (SSSR count). The Morgan fingerprint density at radius 1 is 1.21 bits per heavy atom. The van der Waals surface area contributed by atoms with E-state index in [-0.39, 0.29) is 5.56 Å². The first kappa shape index (κ1) is 18.2. The number of anilines is 2. The zero-order valence-electron chi connectivity index (χ0n) is 15.2. The highest BCUT2D eigenvalue weighted by Gasteiger charge is 2.17. The summed E-state index contributed by atoms with van der Waals surface area (Å²) in [5, 5.41) is 7.47. The fourth-order valence-electron chi connectivity index (χ4n) is 3.26. The second-order valence-electron chi connectivity index (χ2n) is 6.41. The van der Waals surface area contributed by atoms with Gasteiger partial charge in [0.1, 0.15) is 10.7 Å². The maximum atomic E-state index is 12.8. The first-order valence-electron chi connectivity index (χ1n) is 8.84. The van der Waals surface area contributed by atoms with Gasteiger partial charge in [0.2, 0.25) is 0 Å². The number of carbonyl (C=O) groups excluding carboxylic acids is 2. The Morgan fingerprint density at radius 3 is 2.89 bits per heavy atom. The van der Waals surface area contributed by atoms with E-state index in [1.54, 1.807) is 34.2 Å². The molecule has 0 fully saturated rings. The minimum absolute atomic E-state index is 0.0884. The maximum absolute atomic E-state index is 12.8. The molecule has 2 amide bonds. The van der Waals surface area contributed by atoms with Gasteiger partial charge in [-0.3, -0.25) is 9.36 Å². The number of nitrogens with one attached hydrogen (secondary N) is 2. The van der Waals surface area contributed by atoms with Gasteiger partial charge in [0, 0.05) is 18.7 Å². The van der Waals surface area contributed by atoms with Gasteiger partial charge in [-0.15, -0.1) is 11.3 Å². The number of esters is 1. The van der Waals surface area contributed by atoms with Crippen LogP contribution in [0.5, 0.6) is 0 Å². The molecular formula is C19H18N4O4S. The van der Waals surface area contributed by atoms with E-state index < -0.39 is 12.0 Å². The van der Waals surface area contributed by atoms with Crippen LogP contribution >= 0.6 is 11.3 Å². The van der Waals surface area contributed by atoms with Crippen LogP contribution < -0.4 is 16.2 Å². The summed E-state index contributed by atoms with van der Waals surface area (Å²) in [6, 6.07) is 6.16. The summed E-state index contributed by atoms with van der Waals surface area (Å²) in [5.74, 6) is 0.301. The lowest BCUT2D eigenvalue weighted by molar-refractivity contribution is 0.0607. The summed E-state index contributed by atoms with van der Waals surface area (Å²) >= 11 is 1.18. The summed E-state index contributed by atoms with van der Waals surface area (Å²) < 4.78 is 6.41. The van der Waals surface area contributed by atoms with E-state index in [0.29, 0.717) is 33.7 Å². The average molecular weight is 398 g/mol. The summed E-state index contributed by atoms with van der Waals surface area (Å²) in [6.45, 7) is 0.670. The summed E-state index contributed by atoms with van der Waals surface area (Å²) in [5.41, 5.74) is 1.37. The van der Waals surface area contributed by atoms with E-state index in [0.717, 1.165) is 25.1 Å². The lowest BCUT2D eigenvalue weighted by Crippen LogP contribution is -2.28. The number of benzene rings is 1. The van der Waals surface area contributed by atoms with E-state index in [1.807, 2.05) is 0 Å². The zero-order chi connectivity index (χ0) is 19.7. The molecule has 2 aromatic heterocycles. The second-order valence-corrected chi connectivity index (χ2v) is 7.32. The van der Waals surface area contributed by atoms with E-state index in [1.165, 1.54) is 18.4 Å². The Balaban J connectivity index is 1.57. The summed E-state index contributed by atoms with van der Waals surface area (Å²) in [6.07, 6.45) is 2.80. The van der Waals surface area contributed by atoms with Gasteiger partial charge in [-0.2, -0.15) is 0 Å². The van der Waals surface area contributed by atoms with Gasteiger partial charge in [0.15, 0.2) is 0 Å². The van der Waals surface area contributed by atoms with Crippen molar-refractivity contribution in [2.45, 2.75) is 25.8 Å². The molecule has 9 heteroatoms. The van der Waals surface area contributed by atoms with Gasteiger partial charge in [0.05, 0.1) is 23.7 Å². The number of aryl methyl sites for hydroxylation is 1. The molecule has 0 spiro atoms. The number of amides is 2. The van der Waals surface area contributed by atoms with Crippen molar-refractivity contribution < 1.29 is 14.3 Å². The molecular weight excluding hydrogens is 380 g/mol. The Morgan fingerprint density at radius 2 is 2.07 bits per heavy atom. The molecule has 0 atom stereocenters. The molecule has 0 saturated carbocycles. The monoisotopic (exact) mass is 398 g/mol. The van der Waals surface area contributed by atoms with Crippen LogP contribution in [-0.2, 0) is 17.7 Å². The molecule has 144 valence electrons. The highest BCUT2D eigenvalue weighted by atomic mass is 32.1. The zero-order valence-corrected chi connectivity index (χ0v) is 16.0. The van der Waals surface area contributed by atoms with Crippen molar-refractivity contribution in [3.63, 3.8) is 0 Å². The van der Waals surface area contributed by atoms with Crippen molar-refractivity contribution in [2.24, 2.45) is 0 Å². The van der Waals surface area contributed by atoms with E-state index >= 15 is 0 Å². The molecule has 2 N–H and O–H groups in total. The highest BCUT2D eigenvalue weighted by Crippen LogP contribution is 2.24. The number of methoxy groups -OCH3 is 1. The Labute approximate surface area is 164 Å². The molecule has 1 aliphatic heterocycles. The summed E-state index contributed by atoms with van der Waals surface area (Å²) in [4.78, 5) is 41.7. The van der Waals surface area contributed by atoms with Crippen LogP contribution in [0.1, 0.15) is 28.3 Å². The van der Waals surface area contributed by atoms with Crippen molar-refractivity contribution in [1.29, 1.82) is 0 Å². The standard InChI is InChI=1S/C19H18N4O4S/c1-27-18(25)16-14(7-9-28-16)22-19(26)20-11-5-6-13-12(10-11)17(24)23-8-3-2-4-15(23)21-13/h5-7,9-10H,2-4,8H2,1H3,(H2,20,22,26). The Bertz CT molecular complexity index is 1130. The van der Waals surface area contributed by atoms with E-state index in [4.69, 9.17) is 4.74 Å².